The van der Waals surface area contributed by atoms with Crippen LogP contribution >= 0.6 is 0 Å². The van der Waals surface area contributed by atoms with Crippen molar-refractivity contribution in [3.8, 4) is 0 Å². The Labute approximate surface area is 100 Å². The van der Waals surface area contributed by atoms with Crippen molar-refractivity contribution in [2.75, 3.05) is 13.6 Å². The molecule has 0 radical (unpaired) electrons. The maximum atomic E-state index is 3.37. The molecule has 1 nitrogen and oxygen atoms in total. The minimum absolute atomic E-state index is 0.753. The van der Waals surface area contributed by atoms with Crippen LogP contribution in [0.3, 0.4) is 0 Å². The largest absolute Gasteiger partial charge is 0.320 e. The summed E-state index contributed by atoms with van der Waals surface area (Å²) in [7, 11) is 2.11. The van der Waals surface area contributed by atoms with Crippen LogP contribution in [0.1, 0.15) is 58.3 Å². The van der Waals surface area contributed by atoms with Gasteiger partial charge in [0.1, 0.15) is 0 Å². The first-order chi connectivity index (χ1) is 7.69. The lowest BCUT2D eigenvalue weighted by atomic mass is 9.43. The summed E-state index contributed by atoms with van der Waals surface area (Å²) in [5.41, 5.74) is 1.53. The smallest absolute Gasteiger partial charge is 0.00466 e. The maximum Gasteiger partial charge on any atom is -0.00466 e. The number of hydrogen-bond acceptors (Lipinski definition) is 1. The van der Waals surface area contributed by atoms with E-state index < -0.39 is 0 Å². The van der Waals surface area contributed by atoms with E-state index in [1.807, 2.05) is 0 Å². The molecule has 92 valence electrons. The molecule has 0 amide bonds. The Hall–Kier alpha value is -0.0400. The quantitative estimate of drug-likeness (QED) is 0.765. The van der Waals surface area contributed by atoms with Gasteiger partial charge in [0, 0.05) is 0 Å². The Morgan fingerprint density at radius 3 is 2.25 bits per heavy atom. The zero-order valence-corrected chi connectivity index (χ0v) is 11.0. The van der Waals surface area contributed by atoms with Crippen LogP contribution in [0.4, 0.5) is 0 Å². The third-order valence-corrected chi connectivity index (χ3v) is 5.96. The first kappa shape index (κ1) is 11.1. The van der Waals surface area contributed by atoms with Crippen molar-refractivity contribution in [2.45, 2.75) is 58.3 Å². The van der Waals surface area contributed by atoms with Gasteiger partial charge in [0.25, 0.3) is 0 Å². The number of rotatable bonds is 4. The third-order valence-electron chi connectivity index (χ3n) is 5.96. The van der Waals surface area contributed by atoms with E-state index in [1.165, 1.54) is 19.4 Å². The number of hydrogen-bond donors (Lipinski definition) is 1. The summed E-state index contributed by atoms with van der Waals surface area (Å²) in [6, 6.07) is 0. The molecule has 4 bridgehead atoms. The lowest BCUT2D eigenvalue weighted by molar-refractivity contribution is -0.114. The van der Waals surface area contributed by atoms with E-state index in [0.29, 0.717) is 0 Å². The van der Waals surface area contributed by atoms with E-state index in [0.717, 1.165) is 22.7 Å². The fourth-order valence-corrected chi connectivity index (χ4v) is 5.75. The second-order valence-corrected chi connectivity index (χ2v) is 7.17. The molecular formula is C15H27N. The molecule has 4 aliphatic rings. The summed E-state index contributed by atoms with van der Waals surface area (Å²) in [6.45, 7) is 3.68. The minimum Gasteiger partial charge on any atom is -0.320 e. The molecule has 1 N–H and O–H groups in total. The van der Waals surface area contributed by atoms with Crippen molar-refractivity contribution in [3.63, 3.8) is 0 Å². The highest BCUT2D eigenvalue weighted by Crippen LogP contribution is 2.67. The van der Waals surface area contributed by atoms with Crippen LogP contribution in [-0.2, 0) is 0 Å². The highest BCUT2D eigenvalue weighted by Gasteiger charge is 2.56. The second-order valence-electron chi connectivity index (χ2n) is 7.17. The van der Waals surface area contributed by atoms with E-state index >= 15 is 0 Å². The summed E-state index contributed by atoms with van der Waals surface area (Å²) in [5, 5.41) is 3.37. The van der Waals surface area contributed by atoms with Crippen LogP contribution in [0, 0.1) is 22.7 Å². The highest BCUT2D eigenvalue weighted by molar-refractivity contribution is 5.07. The molecule has 0 spiro atoms. The van der Waals surface area contributed by atoms with Crippen molar-refractivity contribution in [2.24, 2.45) is 22.7 Å². The SMILES string of the molecule is CCC12CC3CC(C1)CC(CCNC)(C3)C2. The van der Waals surface area contributed by atoms with Crippen LogP contribution in [0.25, 0.3) is 0 Å². The number of nitrogens with one attached hydrogen (secondary N) is 1. The summed E-state index contributed by atoms with van der Waals surface area (Å²) in [6.07, 6.45) is 12.3. The molecule has 0 heterocycles. The van der Waals surface area contributed by atoms with Gasteiger partial charge in [0.05, 0.1) is 0 Å². The van der Waals surface area contributed by atoms with Crippen molar-refractivity contribution >= 4 is 0 Å². The normalized spacial score (nSPS) is 49.9. The molecule has 2 unspecified atom stereocenters. The summed E-state index contributed by atoms with van der Waals surface area (Å²) in [5.74, 6) is 2.19. The van der Waals surface area contributed by atoms with Crippen LogP contribution in [0.15, 0.2) is 0 Å². The maximum absolute atomic E-state index is 3.37. The molecular weight excluding hydrogens is 194 g/mol. The van der Waals surface area contributed by atoms with Crippen LogP contribution in [0.5, 0.6) is 0 Å². The van der Waals surface area contributed by atoms with Crippen LogP contribution in [0.2, 0.25) is 0 Å². The zero-order valence-electron chi connectivity index (χ0n) is 11.0. The third kappa shape index (κ3) is 1.63. The predicted octanol–water partition coefficient (Wildman–Crippen LogP) is 3.59. The monoisotopic (exact) mass is 221 g/mol. The van der Waals surface area contributed by atoms with Crippen molar-refractivity contribution < 1.29 is 0 Å². The summed E-state index contributed by atoms with van der Waals surface area (Å²) >= 11 is 0. The first-order valence-electron chi connectivity index (χ1n) is 7.34. The molecule has 1 heteroatoms. The predicted molar refractivity (Wildman–Crippen MR) is 68.4 cm³/mol. The molecule has 0 saturated heterocycles. The summed E-state index contributed by atoms with van der Waals surface area (Å²) < 4.78 is 0. The van der Waals surface area contributed by atoms with Crippen LogP contribution < -0.4 is 5.32 Å². The Balaban J connectivity index is 1.81. The Bertz CT molecular complexity index is 257. The van der Waals surface area contributed by atoms with E-state index in [-0.39, 0.29) is 0 Å². The molecule has 0 aromatic carbocycles. The van der Waals surface area contributed by atoms with E-state index in [9.17, 15) is 0 Å². The molecule has 0 aromatic heterocycles. The van der Waals surface area contributed by atoms with Gasteiger partial charge in [-0.3, -0.25) is 0 Å². The average Bonchev–Trinajstić information content (AvgIpc) is 2.25. The van der Waals surface area contributed by atoms with Crippen molar-refractivity contribution in [1.29, 1.82) is 0 Å². The van der Waals surface area contributed by atoms with Gasteiger partial charge in [-0.15, -0.1) is 0 Å². The summed E-state index contributed by atoms with van der Waals surface area (Å²) in [4.78, 5) is 0. The minimum atomic E-state index is 0.753. The Morgan fingerprint density at radius 2 is 1.69 bits per heavy atom. The molecule has 0 aromatic rings. The van der Waals surface area contributed by atoms with Gasteiger partial charge in [-0.25, -0.2) is 0 Å². The average molecular weight is 221 g/mol. The zero-order chi connectivity index (χ0) is 11.2. The Kier molecular flexibility index (Phi) is 2.58. The van der Waals surface area contributed by atoms with Gasteiger partial charge < -0.3 is 5.32 Å². The van der Waals surface area contributed by atoms with Crippen molar-refractivity contribution in [1.82, 2.24) is 5.32 Å². The Morgan fingerprint density at radius 1 is 1.06 bits per heavy atom. The molecule has 2 atom stereocenters. The lowest BCUT2D eigenvalue weighted by Gasteiger charge is -2.62. The van der Waals surface area contributed by atoms with Gasteiger partial charge in [-0.2, -0.15) is 0 Å². The van der Waals surface area contributed by atoms with E-state index in [2.05, 4.69) is 19.3 Å². The van der Waals surface area contributed by atoms with Gasteiger partial charge in [-0.1, -0.05) is 13.3 Å². The molecule has 4 aliphatic carbocycles. The molecule has 0 aliphatic heterocycles. The second kappa shape index (κ2) is 3.73. The van der Waals surface area contributed by atoms with Gasteiger partial charge in [0.15, 0.2) is 0 Å². The molecule has 4 saturated carbocycles. The van der Waals surface area contributed by atoms with Gasteiger partial charge in [0.2, 0.25) is 0 Å². The molecule has 4 rings (SSSR count). The first-order valence-corrected chi connectivity index (χ1v) is 7.34. The van der Waals surface area contributed by atoms with Crippen LogP contribution in [-0.4, -0.2) is 13.6 Å². The van der Waals surface area contributed by atoms with E-state index in [4.69, 9.17) is 0 Å². The molecule has 4 fully saturated rings. The molecule has 16 heavy (non-hydrogen) atoms. The topological polar surface area (TPSA) is 12.0 Å². The van der Waals surface area contributed by atoms with E-state index in [1.54, 1.807) is 38.5 Å². The fraction of sp³-hybridized carbons (Fsp3) is 1.00. The standard InChI is InChI=1S/C15H27N/c1-3-14-7-12-6-13(8-14)10-15(9-12,11-14)4-5-16-2/h12-13,16H,3-11H2,1-2H3. The fourth-order valence-electron chi connectivity index (χ4n) is 5.75. The van der Waals surface area contributed by atoms with Gasteiger partial charge in [-0.05, 0) is 81.2 Å². The highest BCUT2D eigenvalue weighted by atomic mass is 14.8. The van der Waals surface area contributed by atoms with Crippen molar-refractivity contribution in [3.05, 3.63) is 0 Å². The van der Waals surface area contributed by atoms with Gasteiger partial charge >= 0.3 is 0 Å². The lowest BCUT2D eigenvalue weighted by Crippen LogP contribution is -2.52.